The summed E-state index contributed by atoms with van der Waals surface area (Å²) >= 11 is 17.5. The van der Waals surface area contributed by atoms with Crippen LogP contribution in [0.5, 0.6) is 0 Å². The van der Waals surface area contributed by atoms with E-state index in [1.54, 1.807) is 12.4 Å². The minimum Gasteiger partial charge on any atom is -0.300 e. The van der Waals surface area contributed by atoms with Crippen molar-refractivity contribution < 1.29 is 0 Å². The highest BCUT2D eigenvalue weighted by molar-refractivity contribution is 6.66. The number of aromatic amines is 2. The van der Waals surface area contributed by atoms with Crippen molar-refractivity contribution in [3.63, 3.8) is 0 Å². The monoisotopic (exact) mass is 351 g/mol. The number of imidazole rings is 1. The number of hydrogen-bond donors (Lipinski definition) is 2. The summed E-state index contributed by atoms with van der Waals surface area (Å²) < 4.78 is -1.63. The number of halogens is 3. The molecular weight excluding hydrogens is 345 g/mol. The Balaban J connectivity index is 1.96. The van der Waals surface area contributed by atoms with Crippen LogP contribution in [0, 0.1) is 0 Å². The van der Waals surface area contributed by atoms with Gasteiger partial charge in [-0.3, -0.25) is 10.1 Å². The Bertz CT molecular complexity index is 969. The maximum Gasteiger partial charge on any atom is 0.250 e. The lowest BCUT2D eigenvalue weighted by Gasteiger charge is -2.03. The predicted octanol–water partition coefficient (Wildman–Crippen LogP) is 4.33. The molecule has 5 nitrogen and oxygen atoms in total. The van der Waals surface area contributed by atoms with Crippen molar-refractivity contribution in [2.45, 2.75) is 3.79 Å². The predicted molar refractivity (Wildman–Crippen MR) is 88.2 cm³/mol. The van der Waals surface area contributed by atoms with Crippen molar-refractivity contribution in [2.24, 2.45) is 0 Å². The molecule has 0 aliphatic rings. The van der Waals surface area contributed by atoms with E-state index in [4.69, 9.17) is 34.8 Å². The standard InChI is InChI=1S/C14H8Cl3N5/c15-14(16,17)13-19-10-5-8-9(6-11(10)20-13)21-22-12(8)7-1-3-18-4-2-7/h1-6,21-22H. The van der Waals surface area contributed by atoms with Crippen LogP contribution in [-0.2, 0) is 3.79 Å². The van der Waals surface area contributed by atoms with E-state index >= 15 is 0 Å². The lowest BCUT2D eigenvalue weighted by molar-refractivity contribution is 1.05. The van der Waals surface area contributed by atoms with Crippen LogP contribution < -0.4 is 0 Å². The Morgan fingerprint density at radius 2 is 1.59 bits per heavy atom. The molecule has 0 saturated heterocycles. The molecule has 0 bridgehead atoms. The highest BCUT2D eigenvalue weighted by Gasteiger charge is 2.28. The van der Waals surface area contributed by atoms with Crippen molar-refractivity contribution in [3.05, 3.63) is 42.5 Å². The summed E-state index contributed by atoms with van der Waals surface area (Å²) in [6, 6.07) is 7.64. The maximum absolute atomic E-state index is 5.85. The van der Waals surface area contributed by atoms with Gasteiger partial charge < -0.3 is 5.10 Å². The minimum absolute atomic E-state index is 0.176. The van der Waals surface area contributed by atoms with Gasteiger partial charge in [-0.2, -0.15) is 0 Å². The first-order valence-corrected chi connectivity index (χ1v) is 7.51. The second kappa shape index (κ2) is 4.84. The average Bonchev–Trinajstić information content (AvgIpc) is 3.08. The Morgan fingerprint density at radius 3 is 2.27 bits per heavy atom. The van der Waals surface area contributed by atoms with Crippen molar-refractivity contribution in [1.29, 1.82) is 0 Å². The molecule has 0 atom stereocenters. The summed E-state index contributed by atoms with van der Waals surface area (Å²) in [7, 11) is 0. The average molecular weight is 353 g/mol. The molecule has 0 aliphatic carbocycles. The first-order chi connectivity index (χ1) is 10.5. The molecule has 0 unspecified atom stereocenters. The highest BCUT2D eigenvalue weighted by atomic mass is 35.6. The van der Waals surface area contributed by atoms with Crippen molar-refractivity contribution >= 4 is 56.7 Å². The third-order valence-corrected chi connectivity index (χ3v) is 3.89. The van der Waals surface area contributed by atoms with Gasteiger partial charge in [0, 0.05) is 23.3 Å². The first-order valence-electron chi connectivity index (χ1n) is 6.38. The van der Waals surface area contributed by atoms with E-state index < -0.39 is 3.79 Å². The number of nitrogens with zero attached hydrogens (tertiary/aromatic N) is 3. The van der Waals surface area contributed by atoms with Crippen LogP contribution >= 0.6 is 34.8 Å². The van der Waals surface area contributed by atoms with E-state index in [1.807, 2.05) is 24.3 Å². The Labute approximate surface area is 139 Å². The van der Waals surface area contributed by atoms with Gasteiger partial charge in [0.25, 0.3) is 0 Å². The molecule has 4 rings (SSSR count). The van der Waals surface area contributed by atoms with Gasteiger partial charge in [-0.15, -0.1) is 0 Å². The SMILES string of the molecule is ClC(Cl)(Cl)c1nc2cc3[nH][nH]c(-c4ccncc4)c3cc2n1. The van der Waals surface area contributed by atoms with Gasteiger partial charge >= 0.3 is 0 Å². The molecule has 4 aromatic rings. The van der Waals surface area contributed by atoms with Gasteiger partial charge in [0.1, 0.15) is 0 Å². The van der Waals surface area contributed by atoms with Gasteiger partial charge in [0.05, 0.1) is 22.2 Å². The molecule has 0 fully saturated rings. The second-order valence-electron chi connectivity index (χ2n) is 4.79. The summed E-state index contributed by atoms with van der Waals surface area (Å²) in [6.45, 7) is 0. The van der Waals surface area contributed by atoms with Gasteiger partial charge in [-0.1, -0.05) is 34.8 Å². The van der Waals surface area contributed by atoms with Gasteiger partial charge in [0.2, 0.25) is 3.79 Å². The second-order valence-corrected chi connectivity index (χ2v) is 7.07. The number of aromatic nitrogens is 5. The van der Waals surface area contributed by atoms with E-state index in [-0.39, 0.29) is 5.82 Å². The molecule has 8 heteroatoms. The van der Waals surface area contributed by atoms with Crippen LogP contribution in [0.3, 0.4) is 0 Å². The van der Waals surface area contributed by atoms with E-state index in [1.165, 1.54) is 0 Å². The van der Waals surface area contributed by atoms with E-state index in [0.29, 0.717) is 11.0 Å². The zero-order valence-corrected chi connectivity index (χ0v) is 13.2. The zero-order valence-electron chi connectivity index (χ0n) is 10.9. The van der Waals surface area contributed by atoms with Crippen molar-refractivity contribution in [2.75, 3.05) is 0 Å². The van der Waals surface area contributed by atoms with Crippen LogP contribution in [0.15, 0.2) is 36.7 Å². The number of pyridine rings is 1. The molecule has 3 heterocycles. The van der Waals surface area contributed by atoms with Crippen molar-refractivity contribution in [3.8, 4) is 11.3 Å². The topological polar surface area (TPSA) is 70.2 Å². The van der Waals surface area contributed by atoms with Gasteiger partial charge in [0.15, 0.2) is 5.82 Å². The van der Waals surface area contributed by atoms with Crippen LogP contribution in [0.2, 0.25) is 0 Å². The minimum atomic E-state index is -1.63. The number of alkyl halides is 3. The Hall–Kier alpha value is -1.82. The molecule has 3 aromatic heterocycles. The fourth-order valence-corrected chi connectivity index (χ4v) is 2.64. The van der Waals surface area contributed by atoms with Crippen LogP contribution in [-0.4, -0.2) is 25.1 Å². The summed E-state index contributed by atoms with van der Waals surface area (Å²) in [5.74, 6) is 0.176. The Morgan fingerprint density at radius 1 is 0.909 bits per heavy atom. The van der Waals surface area contributed by atoms with Crippen molar-refractivity contribution in [1.82, 2.24) is 25.1 Å². The van der Waals surface area contributed by atoms with Gasteiger partial charge in [-0.05, 0) is 24.3 Å². The smallest absolute Gasteiger partial charge is 0.250 e. The van der Waals surface area contributed by atoms with Crippen LogP contribution in [0.25, 0.3) is 33.2 Å². The van der Waals surface area contributed by atoms with Crippen LogP contribution in [0.4, 0.5) is 0 Å². The normalized spacial score (nSPS) is 12.3. The lowest BCUT2D eigenvalue weighted by atomic mass is 10.1. The van der Waals surface area contributed by atoms with E-state index in [9.17, 15) is 0 Å². The fourth-order valence-electron chi connectivity index (χ4n) is 2.39. The molecule has 0 saturated carbocycles. The number of nitrogens with one attached hydrogen (secondary N) is 2. The van der Waals surface area contributed by atoms with Gasteiger partial charge in [-0.25, -0.2) is 9.97 Å². The molecule has 0 spiro atoms. The number of fused-ring (bicyclic) bond motifs is 2. The third-order valence-electron chi connectivity index (χ3n) is 3.38. The molecular formula is C14H8Cl3N5. The quantitative estimate of drug-likeness (QED) is 0.501. The molecule has 2 N–H and O–H groups in total. The Kier molecular flexibility index (Phi) is 3.04. The first kappa shape index (κ1) is 13.8. The number of hydrogen-bond acceptors (Lipinski definition) is 3. The number of benzene rings is 1. The highest BCUT2D eigenvalue weighted by Crippen LogP contribution is 2.38. The summed E-state index contributed by atoms with van der Waals surface area (Å²) in [5.41, 5.74) is 4.21. The summed E-state index contributed by atoms with van der Waals surface area (Å²) in [5, 5.41) is 7.25. The molecule has 0 radical (unpaired) electrons. The molecule has 110 valence electrons. The third kappa shape index (κ3) is 2.22. The zero-order chi connectivity index (χ0) is 15.3. The molecule has 0 aliphatic heterocycles. The van der Waals surface area contributed by atoms with E-state index in [0.717, 1.165) is 22.2 Å². The number of H-pyrrole nitrogens is 2. The summed E-state index contributed by atoms with van der Waals surface area (Å²) in [6.07, 6.45) is 3.48. The van der Waals surface area contributed by atoms with Crippen LogP contribution in [0.1, 0.15) is 5.82 Å². The molecule has 22 heavy (non-hydrogen) atoms. The largest absolute Gasteiger partial charge is 0.300 e. The maximum atomic E-state index is 5.85. The molecule has 1 aromatic carbocycles. The van der Waals surface area contributed by atoms with E-state index in [2.05, 4.69) is 25.1 Å². The fraction of sp³-hybridized carbons (Fsp3) is 0.0714. The lowest BCUT2D eigenvalue weighted by Crippen LogP contribution is -2.01. The molecule has 0 amide bonds. The summed E-state index contributed by atoms with van der Waals surface area (Å²) in [4.78, 5) is 12.6. The number of rotatable bonds is 1.